The Morgan fingerprint density at radius 3 is 2.58 bits per heavy atom. The summed E-state index contributed by atoms with van der Waals surface area (Å²) in [5.74, 6) is -0.944. The van der Waals surface area contributed by atoms with Crippen LogP contribution in [0.1, 0.15) is 37.7 Å². The largest absolute Gasteiger partial charge is 0.488 e. The van der Waals surface area contributed by atoms with E-state index >= 15 is 0 Å². The summed E-state index contributed by atoms with van der Waals surface area (Å²) in [6.07, 6.45) is 4.60. The van der Waals surface area contributed by atoms with Gasteiger partial charge in [-0.3, -0.25) is 0 Å². The van der Waals surface area contributed by atoms with Crippen LogP contribution in [0, 0.1) is 5.41 Å². The van der Waals surface area contributed by atoms with Crippen molar-refractivity contribution in [2.45, 2.75) is 37.7 Å². The molecule has 2 bridgehead atoms. The summed E-state index contributed by atoms with van der Waals surface area (Å²) in [7, 11) is -1.47. The molecule has 6 nitrogen and oxygen atoms in total. The van der Waals surface area contributed by atoms with Gasteiger partial charge < -0.3 is 24.6 Å². The first kappa shape index (κ1) is 17.4. The van der Waals surface area contributed by atoms with Crippen LogP contribution in [-0.4, -0.2) is 48.1 Å². The maximum Gasteiger partial charge on any atom is 0.488 e. The number of carboxylic acid groups (broad SMARTS) is 1. The summed E-state index contributed by atoms with van der Waals surface area (Å²) < 4.78 is 11.4. The number of ether oxygens (including phenoxy) is 2. The normalized spacial score (nSPS) is 28.8. The molecule has 2 heterocycles. The molecule has 130 valence electrons. The minimum Gasteiger partial charge on any atom is -0.480 e. The van der Waals surface area contributed by atoms with Gasteiger partial charge in [-0.25, -0.2) is 4.79 Å². The predicted octanol–water partition coefficient (Wildman–Crippen LogP) is 0.644. The number of carboxylic acids is 1. The highest BCUT2D eigenvalue weighted by atomic mass is 16.5. The summed E-state index contributed by atoms with van der Waals surface area (Å²) >= 11 is 0. The minimum atomic E-state index is -1.47. The Hall–Kier alpha value is -1.41. The van der Waals surface area contributed by atoms with E-state index in [1.54, 1.807) is 6.07 Å². The molecule has 24 heavy (non-hydrogen) atoms. The minimum absolute atomic E-state index is 0.0777. The number of hydrogen-bond donors (Lipinski definition) is 3. The summed E-state index contributed by atoms with van der Waals surface area (Å²) in [5.41, 5.74) is 1.22. The first-order valence-electron chi connectivity index (χ1n) is 8.35. The molecule has 3 aliphatic rings. The Morgan fingerprint density at radius 2 is 2.00 bits per heavy atom. The Kier molecular flexibility index (Phi) is 4.96. The van der Waals surface area contributed by atoms with E-state index in [0.29, 0.717) is 18.7 Å². The molecule has 3 N–H and O–H groups in total. The Morgan fingerprint density at radius 1 is 1.25 bits per heavy atom. The number of carbonyl (C=O) groups is 1. The SMILES string of the molecule is O=C(O)COCCC12CCC(c3cccc(B(O)O)c3)(CC1)OC2. The monoisotopic (exact) mass is 334 g/mol. The van der Waals surface area contributed by atoms with Crippen molar-refractivity contribution in [3.8, 4) is 0 Å². The van der Waals surface area contributed by atoms with Crippen LogP contribution in [0.15, 0.2) is 24.3 Å². The molecule has 0 unspecified atom stereocenters. The lowest BCUT2D eigenvalue weighted by atomic mass is 9.62. The lowest BCUT2D eigenvalue weighted by molar-refractivity contribution is -0.194. The zero-order valence-electron chi connectivity index (χ0n) is 13.6. The fourth-order valence-electron chi connectivity index (χ4n) is 3.89. The average molecular weight is 334 g/mol. The number of fused-ring (bicyclic) bond motifs is 3. The van der Waals surface area contributed by atoms with E-state index in [4.69, 9.17) is 14.6 Å². The Balaban J connectivity index is 1.63. The highest BCUT2D eigenvalue weighted by Crippen LogP contribution is 2.54. The van der Waals surface area contributed by atoms with Crippen LogP contribution in [0.2, 0.25) is 0 Å². The van der Waals surface area contributed by atoms with Crippen LogP contribution in [0.5, 0.6) is 0 Å². The van der Waals surface area contributed by atoms with Crippen molar-refractivity contribution in [3.63, 3.8) is 0 Å². The maximum atomic E-state index is 10.5. The topological polar surface area (TPSA) is 96.2 Å². The van der Waals surface area contributed by atoms with Gasteiger partial charge in [0.1, 0.15) is 6.61 Å². The molecule has 1 aromatic rings. The van der Waals surface area contributed by atoms with Gasteiger partial charge in [-0.1, -0.05) is 24.3 Å². The van der Waals surface area contributed by atoms with E-state index in [9.17, 15) is 14.8 Å². The molecule has 7 heteroatoms. The molecule has 0 radical (unpaired) electrons. The van der Waals surface area contributed by atoms with Gasteiger partial charge in [0, 0.05) is 6.61 Å². The summed E-state index contributed by atoms with van der Waals surface area (Å²) in [6.45, 7) is 0.821. The van der Waals surface area contributed by atoms with E-state index in [1.165, 1.54) is 0 Å². The van der Waals surface area contributed by atoms with Gasteiger partial charge in [-0.2, -0.15) is 0 Å². The maximum absolute atomic E-state index is 10.5. The number of rotatable bonds is 7. The summed E-state index contributed by atoms with van der Waals surface area (Å²) in [4.78, 5) is 10.5. The van der Waals surface area contributed by atoms with Crippen LogP contribution in [0.3, 0.4) is 0 Å². The van der Waals surface area contributed by atoms with Crippen molar-refractivity contribution in [1.29, 1.82) is 0 Å². The highest BCUT2D eigenvalue weighted by Gasteiger charge is 2.50. The van der Waals surface area contributed by atoms with E-state index in [0.717, 1.165) is 37.7 Å². The first-order chi connectivity index (χ1) is 11.4. The van der Waals surface area contributed by atoms with Crippen LogP contribution < -0.4 is 5.46 Å². The fraction of sp³-hybridized carbons (Fsp3) is 0.588. The predicted molar refractivity (Wildman–Crippen MR) is 87.9 cm³/mol. The van der Waals surface area contributed by atoms with Gasteiger partial charge in [0.25, 0.3) is 0 Å². The van der Waals surface area contributed by atoms with Gasteiger partial charge in [-0.05, 0) is 48.5 Å². The third-order valence-corrected chi connectivity index (χ3v) is 5.49. The summed E-state index contributed by atoms with van der Waals surface area (Å²) in [6, 6.07) is 7.33. The second kappa shape index (κ2) is 6.84. The van der Waals surface area contributed by atoms with E-state index < -0.39 is 13.1 Å². The Labute approximate surface area is 141 Å². The highest BCUT2D eigenvalue weighted by molar-refractivity contribution is 6.58. The molecule has 1 aliphatic carbocycles. The molecule has 0 amide bonds. The molecule has 1 saturated carbocycles. The number of hydrogen-bond acceptors (Lipinski definition) is 5. The quantitative estimate of drug-likeness (QED) is 0.500. The van der Waals surface area contributed by atoms with E-state index in [1.807, 2.05) is 18.2 Å². The van der Waals surface area contributed by atoms with Crippen molar-refractivity contribution in [2.75, 3.05) is 19.8 Å². The molecular weight excluding hydrogens is 311 g/mol. The van der Waals surface area contributed by atoms with E-state index in [2.05, 4.69) is 0 Å². The molecular formula is C17H23BO6. The van der Waals surface area contributed by atoms with Crippen LogP contribution in [0.25, 0.3) is 0 Å². The molecule has 1 aromatic carbocycles. The van der Waals surface area contributed by atoms with Crippen molar-refractivity contribution in [1.82, 2.24) is 0 Å². The zero-order valence-corrected chi connectivity index (χ0v) is 13.6. The molecule has 3 fully saturated rings. The molecule has 2 aliphatic heterocycles. The van der Waals surface area contributed by atoms with Gasteiger partial charge in [0.2, 0.25) is 0 Å². The van der Waals surface area contributed by atoms with Gasteiger partial charge in [0.15, 0.2) is 0 Å². The number of benzene rings is 1. The molecule has 4 rings (SSSR count). The van der Waals surface area contributed by atoms with Gasteiger partial charge in [-0.15, -0.1) is 0 Å². The zero-order chi connectivity index (χ0) is 17.2. The Bertz CT molecular complexity index is 578. The van der Waals surface area contributed by atoms with Crippen molar-refractivity contribution in [2.24, 2.45) is 5.41 Å². The van der Waals surface area contributed by atoms with Crippen LogP contribution in [-0.2, 0) is 19.9 Å². The first-order valence-corrected chi connectivity index (χ1v) is 8.35. The number of aliphatic carboxylic acids is 1. The standard InChI is InChI=1S/C17H23BO6/c19-15(20)11-23-9-8-16-4-6-17(7-5-16,24-12-16)13-2-1-3-14(10-13)18(21)22/h1-3,10,21-22H,4-9,11-12H2,(H,19,20). The molecule has 0 atom stereocenters. The lowest BCUT2D eigenvalue weighted by Crippen LogP contribution is -2.50. The lowest BCUT2D eigenvalue weighted by Gasteiger charge is -2.53. The van der Waals surface area contributed by atoms with Crippen molar-refractivity contribution >= 4 is 18.6 Å². The molecule has 0 spiro atoms. The molecule has 2 saturated heterocycles. The van der Waals surface area contributed by atoms with Gasteiger partial charge in [0.05, 0.1) is 12.2 Å². The summed E-state index contributed by atoms with van der Waals surface area (Å²) in [5, 5.41) is 27.4. The van der Waals surface area contributed by atoms with Crippen LogP contribution in [0.4, 0.5) is 0 Å². The molecule has 0 aromatic heterocycles. The third kappa shape index (κ3) is 3.49. The second-order valence-corrected chi connectivity index (χ2v) is 6.98. The average Bonchev–Trinajstić information content (AvgIpc) is 2.60. The van der Waals surface area contributed by atoms with Gasteiger partial charge >= 0.3 is 13.1 Å². The van der Waals surface area contributed by atoms with Crippen molar-refractivity contribution in [3.05, 3.63) is 29.8 Å². The van der Waals surface area contributed by atoms with E-state index in [-0.39, 0.29) is 17.6 Å². The second-order valence-electron chi connectivity index (χ2n) is 6.98. The third-order valence-electron chi connectivity index (χ3n) is 5.49. The van der Waals surface area contributed by atoms with Crippen molar-refractivity contribution < 1.29 is 29.4 Å². The van der Waals surface area contributed by atoms with Crippen LogP contribution >= 0.6 is 0 Å². The fourth-order valence-corrected chi connectivity index (χ4v) is 3.89. The smallest absolute Gasteiger partial charge is 0.480 e.